The van der Waals surface area contributed by atoms with Gasteiger partial charge >= 0.3 is 6.03 Å². The Labute approximate surface area is 164 Å². The first kappa shape index (κ1) is 18.5. The number of urea groups is 1. The number of piperazine rings is 1. The van der Waals surface area contributed by atoms with E-state index in [0.717, 1.165) is 42.4 Å². The molecule has 0 aliphatic carbocycles. The molecule has 3 amide bonds. The average Bonchev–Trinajstić information content (AvgIpc) is 3.26. The van der Waals surface area contributed by atoms with Gasteiger partial charge in [-0.15, -0.1) is 0 Å². The second-order valence-corrected chi connectivity index (χ2v) is 7.46. The molecule has 0 atom stereocenters. The Bertz CT molecular complexity index is 871. The van der Waals surface area contributed by atoms with Crippen molar-refractivity contribution >= 4 is 22.8 Å². The van der Waals surface area contributed by atoms with Gasteiger partial charge < -0.3 is 19.4 Å². The summed E-state index contributed by atoms with van der Waals surface area (Å²) in [5, 5.41) is 0.905. The summed E-state index contributed by atoms with van der Waals surface area (Å²) in [5.41, 5.74) is 1.99. The SMILES string of the molecule is Cc1ccc2c(OCC(=O)N3CCN(C(=O)N4CCCC4)CC3)ccnc2c1. The van der Waals surface area contributed by atoms with Crippen LogP contribution in [0.3, 0.4) is 0 Å². The number of carbonyl (C=O) groups is 2. The minimum atomic E-state index is -0.0506. The van der Waals surface area contributed by atoms with Gasteiger partial charge in [0.25, 0.3) is 5.91 Å². The Hall–Kier alpha value is -2.83. The lowest BCUT2D eigenvalue weighted by molar-refractivity contribution is -0.134. The molecule has 28 heavy (non-hydrogen) atoms. The number of carbonyl (C=O) groups excluding carboxylic acids is 2. The summed E-state index contributed by atoms with van der Waals surface area (Å²) >= 11 is 0. The van der Waals surface area contributed by atoms with E-state index in [9.17, 15) is 9.59 Å². The lowest BCUT2D eigenvalue weighted by Gasteiger charge is -2.36. The number of ether oxygens (including phenoxy) is 1. The largest absolute Gasteiger partial charge is 0.483 e. The maximum absolute atomic E-state index is 12.6. The second-order valence-electron chi connectivity index (χ2n) is 7.46. The van der Waals surface area contributed by atoms with Crippen molar-refractivity contribution in [1.82, 2.24) is 19.7 Å². The molecule has 2 fully saturated rings. The molecule has 2 aromatic rings. The zero-order valence-electron chi connectivity index (χ0n) is 16.3. The van der Waals surface area contributed by atoms with Gasteiger partial charge in [-0.25, -0.2) is 4.79 Å². The Kier molecular flexibility index (Phi) is 5.32. The number of nitrogens with zero attached hydrogens (tertiary/aromatic N) is 4. The van der Waals surface area contributed by atoms with Gasteiger partial charge in [-0.05, 0) is 43.5 Å². The lowest BCUT2D eigenvalue weighted by Crippen LogP contribution is -2.54. The van der Waals surface area contributed by atoms with Crippen LogP contribution in [0.2, 0.25) is 0 Å². The van der Waals surface area contributed by atoms with Crippen LogP contribution in [0.25, 0.3) is 10.9 Å². The molecule has 0 saturated carbocycles. The van der Waals surface area contributed by atoms with E-state index in [1.165, 1.54) is 0 Å². The van der Waals surface area contributed by atoms with Gasteiger partial charge in [-0.1, -0.05) is 6.07 Å². The maximum Gasteiger partial charge on any atom is 0.320 e. The minimum Gasteiger partial charge on any atom is -0.483 e. The van der Waals surface area contributed by atoms with Crippen molar-refractivity contribution in [2.75, 3.05) is 45.9 Å². The summed E-state index contributed by atoms with van der Waals surface area (Å²) in [6.07, 6.45) is 3.87. The molecule has 0 spiro atoms. The first-order valence-corrected chi connectivity index (χ1v) is 9.91. The highest BCUT2D eigenvalue weighted by atomic mass is 16.5. The molecule has 7 heteroatoms. The fourth-order valence-corrected chi connectivity index (χ4v) is 3.84. The molecule has 1 aromatic carbocycles. The van der Waals surface area contributed by atoms with Crippen LogP contribution in [0.4, 0.5) is 4.79 Å². The van der Waals surface area contributed by atoms with Crippen molar-refractivity contribution in [2.45, 2.75) is 19.8 Å². The number of fused-ring (bicyclic) bond motifs is 1. The van der Waals surface area contributed by atoms with Crippen molar-refractivity contribution < 1.29 is 14.3 Å². The average molecular weight is 382 g/mol. The fourth-order valence-electron chi connectivity index (χ4n) is 3.84. The van der Waals surface area contributed by atoms with E-state index in [1.807, 2.05) is 34.9 Å². The monoisotopic (exact) mass is 382 g/mol. The number of pyridine rings is 1. The van der Waals surface area contributed by atoms with Gasteiger partial charge in [0, 0.05) is 50.9 Å². The smallest absolute Gasteiger partial charge is 0.320 e. The second kappa shape index (κ2) is 8.04. The predicted octanol–water partition coefficient (Wildman–Crippen LogP) is 2.28. The van der Waals surface area contributed by atoms with Gasteiger partial charge in [0.15, 0.2) is 6.61 Å². The normalized spacial score (nSPS) is 17.2. The van der Waals surface area contributed by atoms with E-state index in [0.29, 0.717) is 31.9 Å². The van der Waals surface area contributed by atoms with E-state index >= 15 is 0 Å². The zero-order chi connectivity index (χ0) is 19.5. The lowest BCUT2D eigenvalue weighted by atomic mass is 10.1. The molecular weight excluding hydrogens is 356 g/mol. The maximum atomic E-state index is 12.6. The number of rotatable bonds is 3. The van der Waals surface area contributed by atoms with Crippen LogP contribution < -0.4 is 4.74 Å². The fraction of sp³-hybridized carbons (Fsp3) is 0.476. The predicted molar refractivity (Wildman–Crippen MR) is 106 cm³/mol. The Morgan fingerprint density at radius 2 is 1.64 bits per heavy atom. The summed E-state index contributed by atoms with van der Waals surface area (Å²) in [4.78, 5) is 34.9. The summed E-state index contributed by atoms with van der Waals surface area (Å²) in [7, 11) is 0. The molecule has 3 heterocycles. The molecule has 2 aliphatic rings. The third-order valence-corrected chi connectivity index (χ3v) is 5.49. The van der Waals surface area contributed by atoms with Crippen LogP contribution in [-0.4, -0.2) is 77.5 Å². The van der Waals surface area contributed by atoms with Crippen LogP contribution in [0.1, 0.15) is 18.4 Å². The quantitative estimate of drug-likeness (QED) is 0.817. The van der Waals surface area contributed by atoms with Crippen LogP contribution in [0.15, 0.2) is 30.5 Å². The molecule has 7 nitrogen and oxygen atoms in total. The topological polar surface area (TPSA) is 66.0 Å². The standard InChI is InChI=1S/C21H26N4O3/c1-16-4-5-17-18(14-16)22-7-6-19(17)28-15-20(26)23-10-12-25(13-11-23)21(27)24-8-2-3-9-24/h4-7,14H,2-3,8-13,15H2,1H3. The van der Waals surface area contributed by atoms with Crippen LogP contribution >= 0.6 is 0 Å². The van der Waals surface area contributed by atoms with E-state index in [-0.39, 0.29) is 18.5 Å². The molecule has 1 aromatic heterocycles. The van der Waals surface area contributed by atoms with E-state index in [4.69, 9.17) is 4.74 Å². The molecule has 0 radical (unpaired) electrons. The molecular formula is C21H26N4O3. The van der Waals surface area contributed by atoms with Crippen LogP contribution in [0, 0.1) is 6.92 Å². The third-order valence-electron chi connectivity index (χ3n) is 5.49. The summed E-state index contributed by atoms with van der Waals surface area (Å²) in [6.45, 7) is 5.99. The van der Waals surface area contributed by atoms with E-state index in [1.54, 1.807) is 17.2 Å². The van der Waals surface area contributed by atoms with Crippen molar-refractivity contribution in [2.24, 2.45) is 0 Å². The Balaban J connectivity index is 1.31. The number of benzene rings is 1. The minimum absolute atomic E-state index is 0.00688. The van der Waals surface area contributed by atoms with Crippen molar-refractivity contribution in [3.63, 3.8) is 0 Å². The molecule has 2 saturated heterocycles. The van der Waals surface area contributed by atoms with Gasteiger partial charge in [0.2, 0.25) is 0 Å². The van der Waals surface area contributed by atoms with Crippen molar-refractivity contribution in [3.8, 4) is 5.75 Å². The van der Waals surface area contributed by atoms with Gasteiger partial charge in [0.1, 0.15) is 5.75 Å². The first-order chi connectivity index (χ1) is 13.6. The molecule has 4 rings (SSSR count). The highest BCUT2D eigenvalue weighted by Crippen LogP contribution is 2.24. The molecule has 148 valence electrons. The van der Waals surface area contributed by atoms with E-state index < -0.39 is 0 Å². The molecule has 2 aliphatic heterocycles. The van der Waals surface area contributed by atoms with Crippen molar-refractivity contribution in [1.29, 1.82) is 0 Å². The number of hydrogen-bond acceptors (Lipinski definition) is 4. The third kappa shape index (κ3) is 3.88. The number of likely N-dealkylation sites (tertiary alicyclic amines) is 1. The van der Waals surface area contributed by atoms with Crippen LogP contribution in [-0.2, 0) is 4.79 Å². The number of aromatic nitrogens is 1. The van der Waals surface area contributed by atoms with E-state index in [2.05, 4.69) is 4.98 Å². The molecule has 0 N–H and O–H groups in total. The highest BCUT2D eigenvalue weighted by molar-refractivity contribution is 5.86. The summed E-state index contributed by atoms with van der Waals surface area (Å²) in [5.74, 6) is 0.617. The molecule has 0 unspecified atom stereocenters. The molecule has 0 bridgehead atoms. The number of aryl methyl sites for hydroxylation is 1. The number of hydrogen-bond donors (Lipinski definition) is 0. The van der Waals surface area contributed by atoms with Gasteiger partial charge in [-0.2, -0.15) is 0 Å². The van der Waals surface area contributed by atoms with Gasteiger partial charge in [-0.3, -0.25) is 9.78 Å². The summed E-state index contributed by atoms with van der Waals surface area (Å²) in [6, 6.07) is 7.88. The summed E-state index contributed by atoms with van der Waals surface area (Å²) < 4.78 is 5.81. The first-order valence-electron chi connectivity index (χ1n) is 9.91. The highest BCUT2D eigenvalue weighted by Gasteiger charge is 2.28. The Morgan fingerprint density at radius 3 is 2.39 bits per heavy atom. The van der Waals surface area contributed by atoms with Gasteiger partial charge in [0.05, 0.1) is 5.52 Å². The van der Waals surface area contributed by atoms with Crippen molar-refractivity contribution in [3.05, 3.63) is 36.0 Å². The Morgan fingerprint density at radius 1 is 0.964 bits per heavy atom. The number of amides is 3. The zero-order valence-corrected chi connectivity index (χ0v) is 16.3. The van der Waals surface area contributed by atoms with Crippen LogP contribution in [0.5, 0.6) is 5.75 Å².